The smallest absolute Gasteiger partial charge is 0.252 e. The molecule has 1 fully saturated rings. The van der Waals surface area contributed by atoms with E-state index in [1.165, 1.54) is 0 Å². The van der Waals surface area contributed by atoms with Crippen LogP contribution in [0.25, 0.3) is 0 Å². The first-order valence-electron chi connectivity index (χ1n) is 5.81. The molecule has 92 valence electrons. The Labute approximate surface area is 115 Å². The predicted octanol–water partition coefficient (Wildman–Crippen LogP) is 3.38. The molecular weight excluding hydrogens is 298 g/mol. The Kier molecular flexibility index (Phi) is 4.51. The molecule has 0 saturated carbocycles. The summed E-state index contributed by atoms with van der Waals surface area (Å²) in [5.74, 6) is 2.34. The molecule has 1 amide bonds. The van der Waals surface area contributed by atoms with E-state index in [-0.39, 0.29) is 5.91 Å². The number of thioether (sulfide) groups is 1. The number of carbonyl (C=O) groups is 1. The van der Waals surface area contributed by atoms with Crippen molar-refractivity contribution in [3.63, 3.8) is 0 Å². The van der Waals surface area contributed by atoms with E-state index in [1.54, 1.807) is 0 Å². The molecule has 0 radical (unpaired) electrons. The summed E-state index contributed by atoms with van der Waals surface area (Å²) in [6.07, 6.45) is 2.17. The lowest BCUT2D eigenvalue weighted by molar-refractivity contribution is 0.0934. The van der Waals surface area contributed by atoms with Crippen molar-refractivity contribution in [2.75, 3.05) is 11.5 Å². The van der Waals surface area contributed by atoms with Crippen molar-refractivity contribution in [1.82, 2.24) is 5.32 Å². The third-order valence-corrected chi connectivity index (χ3v) is 4.66. The minimum atomic E-state index is 0.0393. The van der Waals surface area contributed by atoms with E-state index in [0.29, 0.717) is 6.04 Å². The van der Waals surface area contributed by atoms with E-state index in [0.717, 1.165) is 39.9 Å². The first kappa shape index (κ1) is 13.0. The zero-order chi connectivity index (χ0) is 12.3. The van der Waals surface area contributed by atoms with Gasteiger partial charge in [-0.2, -0.15) is 11.8 Å². The maximum absolute atomic E-state index is 12.1. The minimum absolute atomic E-state index is 0.0393. The van der Waals surface area contributed by atoms with Crippen molar-refractivity contribution in [3.05, 3.63) is 33.8 Å². The van der Waals surface area contributed by atoms with Crippen LogP contribution in [0.3, 0.4) is 0 Å². The lowest BCUT2D eigenvalue weighted by atomic mass is 10.1. The van der Waals surface area contributed by atoms with Gasteiger partial charge in [0.2, 0.25) is 0 Å². The average Bonchev–Trinajstić information content (AvgIpc) is 2.33. The normalized spacial score (nSPS) is 16.8. The zero-order valence-electron chi connectivity index (χ0n) is 9.83. The monoisotopic (exact) mass is 313 g/mol. The van der Waals surface area contributed by atoms with E-state index < -0.39 is 0 Å². The number of nitrogens with one attached hydrogen (secondary N) is 1. The van der Waals surface area contributed by atoms with Crippen molar-refractivity contribution in [3.8, 4) is 0 Å². The van der Waals surface area contributed by atoms with Crippen LogP contribution >= 0.6 is 27.7 Å². The minimum Gasteiger partial charge on any atom is -0.349 e. The van der Waals surface area contributed by atoms with Gasteiger partial charge < -0.3 is 5.32 Å². The SMILES string of the molecule is Cc1ccc(Br)c(C(=O)NC2CCSCC2)c1. The van der Waals surface area contributed by atoms with Gasteiger partial charge in [-0.3, -0.25) is 4.79 Å². The summed E-state index contributed by atoms with van der Waals surface area (Å²) in [7, 11) is 0. The highest BCUT2D eigenvalue weighted by atomic mass is 79.9. The molecule has 1 saturated heterocycles. The molecule has 0 spiro atoms. The van der Waals surface area contributed by atoms with Crippen molar-refractivity contribution < 1.29 is 4.79 Å². The van der Waals surface area contributed by atoms with E-state index in [9.17, 15) is 4.79 Å². The summed E-state index contributed by atoms with van der Waals surface area (Å²) < 4.78 is 0.866. The van der Waals surface area contributed by atoms with Crippen LogP contribution in [0.15, 0.2) is 22.7 Å². The Morgan fingerprint density at radius 1 is 1.41 bits per heavy atom. The van der Waals surface area contributed by atoms with Crippen LogP contribution in [0.4, 0.5) is 0 Å². The second-order valence-corrected chi connectivity index (χ2v) is 6.42. The number of hydrogen-bond donors (Lipinski definition) is 1. The highest BCUT2D eigenvalue weighted by Gasteiger charge is 2.18. The molecule has 17 heavy (non-hydrogen) atoms. The molecule has 1 aliphatic heterocycles. The lowest BCUT2D eigenvalue weighted by Crippen LogP contribution is -2.37. The number of amides is 1. The molecule has 1 N–H and O–H groups in total. The van der Waals surface area contributed by atoms with Gasteiger partial charge in [-0.1, -0.05) is 11.6 Å². The van der Waals surface area contributed by atoms with Gasteiger partial charge in [0, 0.05) is 10.5 Å². The van der Waals surface area contributed by atoms with E-state index in [2.05, 4.69) is 21.2 Å². The molecule has 0 unspecified atom stereocenters. The lowest BCUT2D eigenvalue weighted by Gasteiger charge is -2.22. The van der Waals surface area contributed by atoms with Crippen LogP contribution in [0.2, 0.25) is 0 Å². The molecule has 2 rings (SSSR count). The second-order valence-electron chi connectivity index (χ2n) is 4.34. The Hall–Kier alpha value is -0.480. The number of hydrogen-bond acceptors (Lipinski definition) is 2. The fourth-order valence-corrected chi connectivity index (χ4v) is 3.45. The zero-order valence-corrected chi connectivity index (χ0v) is 12.2. The number of benzene rings is 1. The van der Waals surface area contributed by atoms with Crippen LogP contribution in [0.1, 0.15) is 28.8 Å². The fourth-order valence-electron chi connectivity index (χ4n) is 1.92. The highest BCUT2D eigenvalue weighted by molar-refractivity contribution is 9.10. The first-order valence-corrected chi connectivity index (χ1v) is 7.76. The van der Waals surface area contributed by atoms with Crippen molar-refractivity contribution in [1.29, 1.82) is 0 Å². The standard InChI is InChI=1S/C13H16BrNOS/c1-9-2-3-12(14)11(8-9)13(16)15-10-4-6-17-7-5-10/h2-3,8,10H,4-7H2,1H3,(H,15,16). The molecule has 0 atom stereocenters. The second kappa shape index (κ2) is 5.91. The third-order valence-electron chi connectivity index (χ3n) is 2.92. The maximum Gasteiger partial charge on any atom is 0.252 e. The molecule has 1 aromatic carbocycles. The van der Waals surface area contributed by atoms with Crippen LogP contribution < -0.4 is 5.32 Å². The molecule has 2 nitrogen and oxygen atoms in total. The van der Waals surface area contributed by atoms with E-state index >= 15 is 0 Å². The maximum atomic E-state index is 12.1. The Morgan fingerprint density at radius 2 is 2.12 bits per heavy atom. The molecular formula is C13H16BrNOS. The van der Waals surface area contributed by atoms with Gasteiger partial charge >= 0.3 is 0 Å². The number of carbonyl (C=O) groups excluding carboxylic acids is 1. The average molecular weight is 314 g/mol. The van der Waals surface area contributed by atoms with Gasteiger partial charge in [-0.05, 0) is 59.3 Å². The number of rotatable bonds is 2. The van der Waals surface area contributed by atoms with Gasteiger partial charge in [0.15, 0.2) is 0 Å². The quantitative estimate of drug-likeness (QED) is 0.907. The molecule has 1 aromatic rings. The van der Waals surface area contributed by atoms with Crippen LogP contribution in [0, 0.1) is 6.92 Å². The first-order chi connectivity index (χ1) is 8.16. The molecule has 0 aromatic heterocycles. The van der Waals surface area contributed by atoms with E-state index in [4.69, 9.17) is 0 Å². The van der Waals surface area contributed by atoms with Gasteiger partial charge in [-0.25, -0.2) is 0 Å². The molecule has 0 aliphatic carbocycles. The fraction of sp³-hybridized carbons (Fsp3) is 0.462. The molecule has 1 aliphatic rings. The van der Waals surface area contributed by atoms with Crippen LogP contribution in [0.5, 0.6) is 0 Å². The Morgan fingerprint density at radius 3 is 2.82 bits per heavy atom. The van der Waals surface area contributed by atoms with E-state index in [1.807, 2.05) is 36.9 Å². The summed E-state index contributed by atoms with van der Waals surface area (Å²) in [6.45, 7) is 2.00. The highest BCUT2D eigenvalue weighted by Crippen LogP contribution is 2.20. The van der Waals surface area contributed by atoms with Crippen LogP contribution in [-0.2, 0) is 0 Å². The topological polar surface area (TPSA) is 29.1 Å². The summed E-state index contributed by atoms with van der Waals surface area (Å²) >= 11 is 5.40. The summed E-state index contributed by atoms with van der Waals surface area (Å²) in [6, 6.07) is 6.20. The summed E-state index contributed by atoms with van der Waals surface area (Å²) in [4.78, 5) is 12.1. The largest absolute Gasteiger partial charge is 0.349 e. The Balaban J connectivity index is 2.05. The predicted molar refractivity (Wildman–Crippen MR) is 76.7 cm³/mol. The van der Waals surface area contributed by atoms with Crippen molar-refractivity contribution in [2.45, 2.75) is 25.8 Å². The number of aryl methyl sites for hydroxylation is 1. The van der Waals surface area contributed by atoms with Crippen LogP contribution in [-0.4, -0.2) is 23.5 Å². The summed E-state index contributed by atoms with van der Waals surface area (Å²) in [5, 5.41) is 3.12. The Bertz CT molecular complexity index is 416. The summed E-state index contributed by atoms with van der Waals surface area (Å²) in [5.41, 5.74) is 1.85. The van der Waals surface area contributed by atoms with Gasteiger partial charge in [-0.15, -0.1) is 0 Å². The third kappa shape index (κ3) is 3.49. The molecule has 4 heteroatoms. The molecule has 1 heterocycles. The van der Waals surface area contributed by atoms with Gasteiger partial charge in [0.1, 0.15) is 0 Å². The number of halogens is 1. The van der Waals surface area contributed by atoms with Gasteiger partial charge in [0.05, 0.1) is 5.56 Å². The van der Waals surface area contributed by atoms with Gasteiger partial charge in [0.25, 0.3) is 5.91 Å². The molecule has 0 bridgehead atoms. The van der Waals surface area contributed by atoms with Crippen molar-refractivity contribution in [2.24, 2.45) is 0 Å². The van der Waals surface area contributed by atoms with Crippen molar-refractivity contribution >= 4 is 33.6 Å².